The number of aromatic nitrogens is 2. The molecule has 0 saturated carbocycles. The van der Waals surface area contributed by atoms with Gasteiger partial charge in [-0.25, -0.2) is 0 Å². The standard InChI is InChI=1S/C21H22ClN5/c1-26-7-9-27(10-8-26)17-5-6-18-14(11-17)12-19-20(18)24-25-21(19)23-16-4-2-3-15(22)13-16/h2-6,11,13H,7-10,12H2,1H3,(H2,23,24,25). The summed E-state index contributed by atoms with van der Waals surface area (Å²) in [6.07, 6.45) is 0.894. The molecule has 27 heavy (non-hydrogen) atoms. The van der Waals surface area contributed by atoms with Crippen molar-refractivity contribution in [3.05, 3.63) is 58.6 Å². The molecule has 2 N–H and O–H groups in total. The van der Waals surface area contributed by atoms with E-state index in [1.165, 1.54) is 22.4 Å². The van der Waals surface area contributed by atoms with Crippen LogP contribution in [-0.4, -0.2) is 48.3 Å². The minimum Gasteiger partial charge on any atom is -0.369 e. The molecular formula is C21H22ClN5. The fourth-order valence-electron chi connectivity index (χ4n) is 3.99. The van der Waals surface area contributed by atoms with Gasteiger partial charge in [0.15, 0.2) is 5.82 Å². The van der Waals surface area contributed by atoms with Gasteiger partial charge >= 0.3 is 0 Å². The summed E-state index contributed by atoms with van der Waals surface area (Å²) in [5.74, 6) is 0.879. The fraction of sp³-hybridized carbons (Fsp3) is 0.286. The lowest BCUT2D eigenvalue weighted by Crippen LogP contribution is -2.44. The SMILES string of the molecule is CN1CCN(c2ccc3c(c2)Cc2c(Nc4cccc(Cl)c4)n[nH]c2-3)CC1. The molecule has 0 atom stereocenters. The highest BCUT2D eigenvalue weighted by molar-refractivity contribution is 6.30. The van der Waals surface area contributed by atoms with Gasteiger partial charge in [-0.15, -0.1) is 0 Å². The third kappa shape index (κ3) is 3.07. The normalized spacial score (nSPS) is 16.3. The zero-order chi connectivity index (χ0) is 18.4. The van der Waals surface area contributed by atoms with E-state index >= 15 is 0 Å². The number of hydrogen-bond acceptors (Lipinski definition) is 4. The van der Waals surface area contributed by atoms with E-state index < -0.39 is 0 Å². The van der Waals surface area contributed by atoms with E-state index in [0.29, 0.717) is 5.02 Å². The average molecular weight is 380 g/mol. The number of aromatic amines is 1. The summed E-state index contributed by atoms with van der Waals surface area (Å²) in [7, 11) is 2.19. The number of fused-ring (bicyclic) bond motifs is 3. The molecule has 0 amide bonds. The van der Waals surface area contributed by atoms with Crippen LogP contribution in [0.1, 0.15) is 11.1 Å². The quantitative estimate of drug-likeness (QED) is 0.562. The zero-order valence-electron chi connectivity index (χ0n) is 15.3. The maximum Gasteiger partial charge on any atom is 0.156 e. The number of piperazine rings is 1. The number of rotatable bonds is 3. The number of H-pyrrole nitrogens is 1. The summed E-state index contributed by atoms with van der Waals surface area (Å²) in [4.78, 5) is 4.87. The van der Waals surface area contributed by atoms with Gasteiger partial charge in [0.25, 0.3) is 0 Å². The molecule has 2 aromatic carbocycles. The van der Waals surface area contributed by atoms with Crippen molar-refractivity contribution < 1.29 is 0 Å². The molecule has 3 aromatic rings. The van der Waals surface area contributed by atoms with Crippen molar-refractivity contribution in [3.8, 4) is 11.3 Å². The lowest BCUT2D eigenvalue weighted by Gasteiger charge is -2.34. The van der Waals surface area contributed by atoms with E-state index in [9.17, 15) is 0 Å². The Balaban J connectivity index is 1.40. The summed E-state index contributed by atoms with van der Waals surface area (Å²) in [5.41, 5.74) is 7.24. The second-order valence-corrected chi connectivity index (χ2v) is 7.81. The molecule has 138 valence electrons. The summed E-state index contributed by atoms with van der Waals surface area (Å²) < 4.78 is 0. The Kier molecular flexibility index (Phi) is 4.06. The molecule has 2 aliphatic rings. The number of benzene rings is 2. The molecule has 1 fully saturated rings. The Morgan fingerprint density at radius 3 is 2.74 bits per heavy atom. The number of likely N-dealkylation sites (N-methyl/N-ethyl adjacent to an activating group) is 1. The molecule has 1 aliphatic heterocycles. The summed E-state index contributed by atoms with van der Waals surface area (Å²) in [5, 5.41) is 11.8. The first kappa shape index (κ1) is 16.7. The Bertz CT molecular complexity index is 988. The molecule has 6 heteroatoms. The maximum absolute atomic E-state index is 6.10. The average Bonchev–Trinajstić information content (AvgIpc) is 3.22. The van der Waals surface area contributed by atoms with Gasteiger partial charge in [0.1, 0.15) is 0 Å². The fourth-order valence-corrected chi connectivity index (χ4v) is 4.18. The van der Waals surface area contributed by atoms with E-state index in [0.717, 1.165) is 49.8 Å². The van der Waals surface area contributed by atoms with Gasteiger partial charge in [-0.05, 0) is 42.9 Å². The predicted octanol–water partition coefficient (Wildman–Crippen LogP) is 4.13. The summed E-state index contributed by atoms with van der Waals surface area (Å²) in [6.45, 7) is 4.41. The molecule has 2 heterocycles. The van der Waals surface area contributed by atoms with Gasteiger partial charge in [0.05, 0.1) is 5.69 Å². The number of hydrogen-bond donors (Lipinski definition) is 2. The van der Waals surface area contributed by atoms with Gasteiger partial charge in [0.2, 0.25) is 0 Å². The van der Waals surface area contributed by atoms with Crippen molar-refractivity contribution >= 4 is 28.8 Å². The molecule has 1 aliphatic carbocycles. The molecule has 0 radical (unpaired) electrons. The largest absolute Gasteiger partial charge is 0.369 e. The van der Waals surface area contributed by atoms with Crippen LogP contribution in [0.15, 0.2) is 42.5 Å². The molecule has 1 saturated heterocycles. The van der Waals surface area contributed by atoms with Crippen LogP contribution in [0.5, 0.6) is 0 Å². The molecule has 0 unspecified atom stereocenters. The van der Waals surface area contributed by atoms with Crippen LogP contribution in [0.2, 0.25) is 5.02 Å². The number of nitrogens with one attached hydrogen (secondary N) is 2. The molecule has 0 spiro atoms. The predicted molar refractivity (Wildman–Crippen MR) is 111 cm³/mol. The van der Waals surface area contributed by atoms with Crippen molar-refractivity contribution in [1.29, 1.82) is 0 Å². The summed E-state index contributed by atoms with van der Waals surface area (Å²) >= 11 is 6.10. The van der Waals surface area contributed by atoms with Crippen molar-refractivity contribution in [2.75, 3.05) is 43.4 Å². The molecule has 0 bridgehead atoms. The highest BCUT2D eigenvalue weighted by atomic mass is 35.5. The van der Waals surface area contributed by atoms with Crippen LogP contribution in [0, 0.1) is 0 Å². The van der Waals surface area contributed by atoms with Crippen LogP contribution in [0.4, 0.5) is 17.2 Å². The van der Waals surface area contributed by atoms with E-state index in [1.54, 1.807) is 0 Å². The number of nitrogens with zero attached hydrogens (tertiary/aromatic N) is 3. The second-order valence-electron chi connectivity index (χ2n) is 7.37. The van der Waals surface area contributed by atoms with Crippen molar-refractivity contribution in [3.63, 3.8) is 0 Å². The third-order valence-corrected chi connectivity index (χ3v) is 5.78. The van der Waals surface area contributed by atoms with Crippen LogP contribution in [-0.2, 0) is 6.42 Å². The first-order valence-corrected chi connectivity index (χ1v) is 9.72. The minimum atomic E-state index is 0.715. The van der Waals surface area contributed by atoms with E-state index in [1.807, 2.05) is 24.3 Å². The van der Waals surface area contributed by atoms with Crippen LogP contribution >= 0.6 is 11.6 Å². The molecule has 1 aromatic heterocycles. The second kappa shape index (κ2) is 6.59. The van der Waals surface area contributed by atoms with Gasteiger partial charge in [-0.2, -0.15) is 5.10 Å². The van der Waals surface area contributed by atoms with E-state index in [2.05, 4.69) is 50.6 Å². The smallest absolute Gasteiger partial charge is 0.156 e. The zero-order valence-corrected chi connectivity index (χ0v) is 16.1. The van der Waals surface area contributed by atoms with Crippen molar-refractivity contribution in [2.45, 2.75) is 6.42 Å². The molecule has 5 nitrogen and oxygen atoms in total. The van der Waals surface area contributed by atoms with Gasteiger partial charge < -0.3 is 15.1 Å². The Morgan fingerprint density at radius 1 is 1.07 bits per heavy atom. The van der Waals surface area contributed by atoms with Crippen LogP contribution < -0.4 is 10.2 Å². The van der Waals surface area contributed by atoms with Gasteiger partial charge in [-0.3, -0.25) is 5.10 Å². The first-order chi connectivity index (χ1) is 13.2. The van der Waals surface area contributed by atoms with Gasteiger partial charge in [0, 0.05) is 60.1 Å². The maximum atomic E-state index is 6.10. The number of anilines is 3. The highest BCUT2D eigenvalue weighted by Crippen LogP contribution is 2.41. The third-order valence-electron chi connectivity index (χ3n) is 5.55. The van der Waals surface area contributed by atoms with Gasteiger partial charge in [-0.1, -0.05) is 23.7 Å². The van der Waals surface area contributed by atoms with Crippen LogP contribution in [0.25, 0.3) is 11.3 Å². The summed E-state index contributed by atoms with van der Waals surface area (Å²) in [6, 6.07) is 14.5. The van der Waals surface area contributed by atoms with E-state index in [-0.39, 0.29) is 0 Å². The Morgan fingerprint density at radius 2 is 1.93 bits per heavy atom. The van der Waals surface area contributed by atoms with Crippen LogP contribution in [0.3, 0.4) is 0 Å². The Hall–Kier alpha value is -2.50. The monoisotopic (exact) mass is 379 g/mol. The minimum absolute atomic E-state index is 0.715. The molecular weight excluding hydrogens is 358 g/mol. The topological polar surface area (TPSA) is 47.2 Å². The lowest BCUT2D eigenvalue weighted by molar-refractivity contribution is 0.313. The van der Waals surface area contributed by atoms with E-state index in [4.69, 9.17) is 11.6 Å². The molecule has 5 rings (SSSR count). The van der Waals surface area contributed by atoms with Crippen molar-refractivity contribution in [1.82, 2.24) is 15.1 Å². The number of halogens is 1. The Labute approximate surface area is 163 Å². The first-order valence-electron chi connectivity index (χ1n) is 9.34. The highest BCUT2D eigenvalue weighted by Gasteiger charge is 2.26. The lowest BCUT2D eigenvalue weighted by atomic mass is 10.1. The van der Waals surface area contributed by atoms with Crippen molar-refractivity contribution in [2.24, 2.45) is 0 Å².